The van der Waals surface area contributed by atoms with Crippen LogP contribution in [-0.2, 0) is 4.79 Å². The summed E-state index contributed by atoms with van der Waals surface area (Å²) >= 11 is 0. The fourth-order valence-corrected chi connectivity index (χ4v) is 3.17. The maximum atomic E-state index is 12.6. The van der Waals surface area contributed by atoms with E-state index >= 15 is 0 Å². The van der Waals surface area contributed by atoms with Gasteiger partial charge in [-0.1, -0.05) is 25.3 Å². The lowest BCUT2D eigenvalue weighted by atomic mass is 9.73. The number of fused-ring (bicyclic) bond motifs is 1. The van der Waals surface area contributed by atoms with Gasteiger partial charge in [0, 0.05) is 23.8 Å². The molecule has 1 amide bonds. The lowest BCUT2D eigenvalue weighted by Crippen LogP contribution is -2.43. The summed E-state index contributed by atoms with van der Waals surface area (Å²) in [6.45, 7) is 0.425. The molecule has 1 saturated carbocycles. The van der Waals surface area contributed by atoms with E-state index in [0.29, 0.717) is 6.54 Å². The molecule has 3 rings (SSSR count). The number of rotatable bonds is 3. The van der Waals surface area contributed by atoms with E-state index in [1.165, 1.54) is 6.42 Å². The number of carbonyl (C=O) groups is 1. The first kappa shape index (κ1) is 14.0. The van der Waals surface area contributed by atoms with Crippen molar-refractivity contribution in [1.82, 2.24) is 4.98 Å². The van der Waals surface area contributed by atoms with E-state index in [-0.39, 0.29) is 11.3 Å². The standard InChI is InChI=1S/C17H21N3O/c18-12-17(8-2-1-3-9-17)16(21)20-14-6-7-15-13(11-14)5-4-10-19-15/h4-7,10-11H,1-3,8-9,12,18H2,(H,20,21). The smallest absolute Gasteiger partial charge is 0.231 e. The molecule has 1 heterocycles. The van der Waals surface area contributed by atoms with Crippen LogP contribution in [0.1, 0.15) is 32.1 Å². The highest BCUT2D eigenvalue weighted by molar-refractivity contribution is 5.97. The molecule has 21 heavy (non-hydrogen) atoms. The van der Waals surface area contributed by atoms with Crippen molar-refractivity contribution in [1.29, 1.82) is 0 Å². The molecule has 4 nitrogen and oxygen atoms in total. The summed E-state index contributed by atoms with van der Waals surface area (Å²) in [5.74, 6) is 0.0629. The molecular weight excluding hydrogens is 262 g/mol. The zero-order chi connectivity index (χ0) is 14.7. The van der Waals surface area contributed by atoms with Gasteiger partial charge >= 0.3 is 0 Å². The van der Waals surface area contributed by atoms with Crippen molar-refractivity contribution in [3.63, 3.8) is 0 Å². The number of hydrogen-bond donors (Lipinski definition) is 2. The summed E-state index contributed by atoms with van der Waals surface area (Å²) in [5.41, 5.74) is 7.28. The van der Waals surface area contributed by atoms with Gasteiger partial charge in [0.05, 0.1) is 10.9 Å². The first-order valence-electron chi connectivity index (χ1n) is 7.60. The Kier molecular flexibility index (Phi) is 3.88. The zero-order valence-electron chi connectivity index (χ0n) is 12.1. The number of nitrogens with one attached hydrogen (secondary N) is 1. The molecule has 0 atom stereocenters. The Hall–Kier alpha value is -1.94. The van der Waals surface area contributed by atoms with E-state index in [1.807, 2.05) is 30.3 Å². The Morgan fingerprint density at radius 3 is 2.81 bits per heavy atom. The van der Waals surface area contributed by atoms with Crippen LogP contribution in [0.2, 0.25) is 0 Å². The van der Waals surface area contributed by atoms with Gasteiger partial charge in [-0.15, -0.1) is 0 Å². The van der Waals surface area contributed by atoms with Gasteiger partial charge in [-0.3, -0.25) is 9.78 Å². The Labute approximate surface area is 124 Å². The third-order valence-electron chi connectivity index (χ3n) is 4.54. The third kappa shape index (κ3) is 2.76. The van der Waals surface area contributed by atoms with E-state index in [2.05, 4.69) is 10.3 Å². The van der Waals surface area contributed by atoms with Gasteiger partial charge in [0.25, 0.3) is 0 Å². The number of benzene rings is 1. The van der Waals surface area contributed by atoms with E-state index in [1.54, 1.807) is 6.20 Å². The molecule has 0 saturated heterocycles. The number of anilines is 1. The predicted molar refractivity (Wildman–Crippen MR) is 84.9 cm³/mol. The normalized spacial score (nSPS) is 17.6. The molecule has 1 aromatic carbocycles. The Morgan fingerprint density at radius 2 is 2.05 bits per heavy atom. The summed E-state index contributed by atoms with van der Waals surface area (Å²) < 4.78 is 0. The number of aromatic nitrogens is 1. The van der Waals surface area contributed by atoms with Crippen molar-refractivity contribution in [2.24, 2.45) is 11.1 Å². The first-order valence-corrected chi connectivity index (χ1v) is 7.60. The van der Waals surface area contributed by atoms with Crippen LogP contribution in [0.15, 0.2) is 36.5 Å². The van der Waals surface area contributed by atoms with E-state index < -0.39 is 0 Å². The Balaban J connectivity index is 1.81. The molecule has 3 N–H and O–H groups in total. The summed E-state index contributed by atoms with van der Waals surface area (Å²) in [4.78, 5) is 16.9. The molecule has 0 aliphatic heterocycles. The largest absolute Gasteiger partial charge is 0.329 e. The maximum Gasteiger partial charge on any atom is 0.231 e. The number of carbonyl (C=O) groups excluding carboxylic acids is 1. The number of nitrogens with zero attached hydrogens (tertiary/aromatic N) is 1. The van der Waals surface area contributed by atoms with Gasteiger partial charge in [0.2, 0.25) is 5.91 Å². The molecule has 0 spiro atoms. The van der Waals surface area contributed by atoms with Crippen LogP contribution >= 0.6 is 0 Å². The van der Waals surface area contributed by atoms with E-state index in [4.69, 9.17) is 5.73 Å². The molecule has 0 unspecified atom stereocenters. The summed E-state index contributed by atoms with van der Waals surface area (Å²) in [5, 5.41) is 4.08. The first-order chi connectivity index (χ1) is 10.2. The second-order valence-electron chi connectivity index (χ2n) is 5.91. The van der Waals surface area contributed by atoms with Gasteiger partial charge < -0.3 is 11.1 Å². The molecule has 0 bridgehead atoms. The van der Waals surface area contributed by atoms with Gasteiger partial charge in [-0.2, -0.15) is 0 Å². The molecule has 1 aliphatic carbocycles. The second-order valence-corrected chi connectivity index (χ2v) is 5.91. The highest BCUT2D eigenvalue weighted by Crippen LogP contribution is 2.36. The Morgan fingerprint density at radius 1 is 1.24 bits per heavy atom. The van der Waals surface area contributed by atoms with Gasteiger partial charge in [-0.25, -0.2) is 0 Å². The van der Waals surface area contributed by atoms with Crippen molar-refractivity contribution < 1.29 is 4.79 Å². The quantitative estimate of drug-likeness (QED) is 0.909. The van der Waals surface area contributed by atoms with Crippen LogP contribution in [0.5, 0.6) is 0 Å². The number of hydrogen-bond acceptors (Lipinski definition) is 3. The minimum absolute atomic E-state index is 0.0629. The zero-order valence-corrected chi connectivity index (χ0v) is 12.1. The maximum absolute atomic E-state index is 12.6. The lowest BCUT2D eigenvalue weighted by Gasteiger charge is -2.34. The van der Waals surface area contributed by atoms with Gasteiger partial charge in [0.15, 0.2) is 0 Å². The van der Waals surface area contributed by atoms with Crippen molar-refractivity contribution in [2.75, 3.05) is 11.9 Å². The molecule has 1 aromatic heterocycles. The highest BCUT2D eigenvalue weighted by atomic mass is 16.2. The van der Waals surface area contributed by atoms with Gasteiger partial charge in [0.1, 0.15) is 0 Å². The van der Waals surface area contributed by atoms with E-state index in [9.17, 15) is 4.79 Å². The third-order valence-corrected chi connectivity index (χ3v) is 4.54. The SMILES string of the molecule is NCC1(C(=O)Nc2ccc3ncccc3c2)CCCCC1. The van der Waals surface area contributed by atoms with Crippen LogP contribution in [0.25, 0.3) is 10.9 Å². The minimum atomic E-state index is -0.387. The van der Waals surface area contributed by atoms with Gasteiger partial charge in [-0.05, 0) is 37.1 Å². The molecular formula is C17H21N3O. The average molecular weight is 283 g/mol. The molecule has 110 valence electrons. The Bertz CT molecular complexity index is 647. The average Bonchev–Trinajstić information content (AvgIpc) is 2.55. The van der Waals surface area contributed by atoms with Crippen molar-refractivity contribution in [2.45, 2.75) is 32.1 Å². The van der Waals surface area contributed by atoms with Crippen LogP contribution in [0, 0.1) is 5.41 Å². The fourth-order valence-electron chi connectivity index (χ4n) is 3.17. The van der Waals surface area contributed by atoms with Crippen LogP contribution in [0.4, 0.5) is 5.69 Å². The van der Waals surface area contributed by atoms with Crippen LogP contribution < -0.4 is 11.1 Å². The van der Waals surface area contributed by atoms with Crippen molar-refractivity contribution in [3.05, 3.63) is 36.5 Å². The molecule has 1 aliphatic rings. The monoisotopic (exact) mass is 283 g/mol. The molecule has 2 aromatic rings. The highest BCUT2D eigenvalue weighted by Gasteiger charge is 2.38. The molecule has 1 fully saturated rings. The number of nitrogens with two attached hydrogens (primary N) is 1. The lowest BCUT2D eigenvalue weighted by molar-refractivity contribution is -0.126. The van der Waals surface area contributed by atoms with Crippen molar-refractivity contribution >= 4 is 22.5 Å². The summed E-state index contributed by atoms with van der Waals surface area (Å²) in [6, 6.07) is 9.70. The second kappa shape index (κ2) is 5.82. The van der Waals surface area contributed by atoms with Crippen molar-refractivity contribution in [3.8, 4) is 0 Å². The summed E-state index contributed by atoms with van der Waals surface area (Å²) in [6.07, 6.45) is 6.94. The topological polar surface area (TPSA) is 68.0 Å². The number of pyridine rings is 1. The molecule has 0 radical (unpaired) electrons. The summed E-state index contributed by atoms with van der Waals surface area (Å²) in [7, 11) is 0. The van der Waals surface area contributed by atoms with Crippen LogP contribution in [-0.4, -0.2) is 17.4 Å². The number of amides is 1. The minimum Gasteiger partial charge on any atom is -0.329 e. The van der Waals surface area contributed by atoms with Crippen LogP contribution in [0.3, 0.4) is 0 Å². The van der Waals surface area contributed by atoms with E-state index in [0.717, 1.165) is 42.3 Å². The predicted octanol–water partition coefficient (Wildman–Crippen LogP) is 3.08. The fraction of sp³-hybridized carbons (Fsp3) is 0.412. The molecule has 4 heteroatoms.